The number of carbonyl (C=O) groups excluding carboxylic acids is 3. The standard InChI is InChI=1S/C19H19Cl2N3O4S/c1-24(2)19(27)23-17(26)16-11-4-3-5-14(11)29-18(16)22-15(25)9-28-13-7-6-10(20)8-12(13)21/h6-8H,3-5,9H2,1-2H3,(H,22,25)(H,23,26,27). The summed E-state index contributed by atoms with van der Waals surface area (Å²) in [6.45, 7) is -0.290. The first-order chi connectivity index (χ1) is 13.8. The second-order valence-electron chi connectivity index (χ2n) is 6.63. The molecule has 1 aliphatic rings. The third-order valence-electron chi connectivity index (χ3n) is 4.28. The van der Waals surface area contributed by atoms with Crippen molar-refractivity contribution in [1.29, 1.82) is 0 Å². The topological polar surface area (TPSA) is 87.7 Å². The number of nitrogens with zero attached hydrogens (tertiary/aromatic N) is 1. The summed E-state index contributed by atoms with van der Waals surface area (Å²) in [6, 6.07) is 4.17. The Kier molecular flexibility index (Phi) is 6.66. The maximum atomic E-state index is 12.7. The number of urea groups is 1. The van der Waals surface area contributed by atoms with E-state index in [1.807, 2.05) is 0 Å². The average Bonchev–Trinajstić information content (AvgIpc) is 3.21. The van der Waals surface area contributed by atoms with Crippen LogP contribution in [0.25, 0.3) is 0 Å². The number of thiophene rings is 1. The van der Waals surface area contributed by atoms with Crippen LogP contribution >= 0.6 is 34.5 Å². The highest BCUT2D eigenvalue weighted by Crippen LogP contribution is 2.39. The van der Waals surface area contributed by atoms with Gasteiger partial charge in [-0.05, 0) is 43.0 Å². The summed E-state index contributed by atoms with van der Waals surface area (Å²) in [4.78, 5) is 39.2. The van der Waals surface area contributed by atoms with E-state index in [1.165, 1.54) is 22.3 Å². The van der Waals surface area contributed by atoms with Crippen LogP contribution < -0.4 is 15.4 Å². The van der Waals surface area contributed by atoms with Gasteiger partial charge in [0.05, 0.1) is 10.6 Å². The molecule has 0 unspecified atom stereocenters. The molecule has 1 aromatic carbocycles. The van der Waals surface area contributed by atoms with Gasteiger partial charge in [0.2, 0.25) is 0 Å². The minimum absolute atomic E-state index is 0.290. The van der Waals surface area contributed by atoms with E-state index in [9.17, 15) is 14.4 Å². The van der Waals surface area contributed by atoms with Crippen LogP contribution in [0, 0.1) is 0 Å². The molecule has 0 saturated carbocycles. The Labute approximate surface area is 181 Å². The molecule has 3 rings (SSSR count). The highest BCUT2D eigenvalue weighted by molar-refractivity contribution is 7.17. The van der Waals surface area contributed by atoms with Crippen molar-refractivity contribution in [1.82, 2.24) is 10.2 Å². The fourth-order valence-corrected chi connectivity index (χ4v) is 4.67. The molecular formula is C19H19Cl2N3O4S. The van der Waals surface area contributed by atoms with Crippen LogP contribution in [0.2, 0.25) is 10.0 Å². The minimum Gasteiger partial charge on any atom is -0.482 e. The van der Waals surface area contributed by atoms with Gasteiger partial charge in [-0.2, -0.15) is 0 Å². The Balaban J connectivity index is 1.72. The molecule has 10 heteroatoms. The van der Waals surface area contributed by atoms with Crippen LogP contribution in [0.4, 0.5) is 9.80 Å². The molecular weight excluding hydrogens is 437 g/mol. The van der Waals surface area contributed by atoms with E-state index < -0.39 is 17.8 Å². The first-order valence-electron chi connectivity index (χ1n) is 8.81. The van der Waals surface area contributed by atoms with Gasteiger partial charge in [-0.15, -0.1) is 11.3 Å². The number of nitrogens with one attached hydrogen (secondary N) is 2. The third kappa shape index (κ3) is 5.01. The highest BCUT2D eigenvalue weighted by atomic mass is 35.5. The van der Waals surface area contributed by atoms with Crippen molar-refractivity contribution in [2.75, 3.05) is 26.0 Å². The lowest BCUT2D eigenvalue weighted by Crippen LogP contribution is -2.39. The summed E-state index contributed by atoms with van der Waals surface area (Å²) < 4.78 is 5.44. The van der Waals surface area contributed by atoms with Gasteiger partial charge in [0.15, 0.2) is 6.61 Å². The number of imide groups is 1. The molecule has 7 nitrogen and oxygen atoms in total. The molecule has 2 aromatic rings. The van der Waals surface area contributed by atoms with Crippen LogP contribution in [0.1, 0.15) is 27.2 Å². The molecule has 29 heavy (non-hydrogen) atoms. The van der Waals surface area contributed by atoms with Crippen LogP contribution in [0.15, 0.2) is 18.2 Å². The van der Waals surface area contributed by atoms with Crippen molar-refractivity contribution in [2.24, 2.45) is 0 Å². The number of halogens is 2. The molecule has 1 aliphatic carbocycles. The Morgan fingerprint density at radius 3 is 2.66 bits per heavy atom. The lowest BCUT2D eigenvalue weighted by atomic mass is 10.1. The molecule has 0 bridgehead atoms. The first kappa shape index (κ1) is 21.4. The van der Waals surface area contributed by atoms with Gasteiger partial charge in [0.1, 0.15) is 10.8 Å². The van der Waals surface area contributed by atoms with E-state index in [1.54, 1.807) is 26.2 Å². The highest BCUT2D eigenvalue weighted by Gasteiger charge is 2.28. The van der Waals surface area contributed by atoms with Crippen molar-refractivity contribution in [2.45, 2.75) is 19.3 Å². The molecule has 1 heterocycles. The summed E-state index contributed by atoms with van der Waals surface area (Å²) in [5.74, 6) is -0.640. The van der Waals surface area contributed by atoms with E-state index in [-0.39, 0.29) is 6.61 Å². The van der Waals surface area contributed by atoms with Gasteiger partial charge in [0, 0.05) is 24.0 Å². The van der Waals surface area contributed by atoms with Crippen LogP contribution in [-0.2, 0) is 17.6 Å². The van der Waals surface area contributed by atoms with Gasteiger partial charge in [-0.3, -0.25) is 14.9 Å². The van der Waals surface area contributed by atoms with E-state index >= 15 is 0 Å². The van der Waals surface area contributed by atoms with Crippen molar-refractivity contribution >= 4 is 57.4 Å². The molecule has 2 N–H and O–H groups in total. The van der Waals surface area contributed by atoms with E-state index in [0.717, 1.165) is 29.7 Å². The smallest absolute Gasteiger partial charge is 0.323 e. The van der Waals surface area contributed by atoms with Crippen molar-refractivity contribution in [3.8, 4) is 5.75 Å². The fourth-order valence-electron chi connectivity index (χ4n) is 2.90. The predicted molar refractivity (Wildman–Crippen MR) is 113 cm³/mol. The molecule has 0 saturated heterocycles. The van der Waals surface area contributed by atoms with E-state index in [2.05, 4.69) is 10.6 Å². The molecule has 0 radical (unpaired) electrons. The monoisotopic (exact) mass is 455 g/mol. The van der Waals surface area contributed by atoms with Gasteiger partial charge in [-0.1, -0.05) is 23.2 Å². The van der Waals surface area contributed by atoms with Crippen LogP contribution in [0.3, 0.4) is 0 Å². The number of fused-ring (bicyclic) bond motifs is 1. The van der Waals surface area contributed by atoms with Crippen molar-refractivity contribution < 1.29 is 19.1 Å². The number of carbonyl (C=O) groups is 3. The quantitative estimate of drug-likeness (QED) is 0.713. The zero-order chi connectivity index (χ0) is 21.1. The largest absolute Gasteiger partial charge is 0.482 e. The fraction of sp³-hybridized carbons (Fsp3) is 0.316. The second kappa shape index (κ2) is 9.02. The molecule has 1 aromatic heterocycles. The van der Waals surface area contributed by atoms with Crippen LogP contribution in [0.5, 0.6) is 5.75 Å². The lowest BCUT2D eigenvalue weighted by molar-refractivity contribution is -0.118. The maximum Gasteiger partial charge on any atom is 0.323 e. The number of rotatable bonds is 5. The zero-order valence-electron chi connectivity index (χ0n) is 15.8. The molecule has 154 valence electrons. The normalized spacial score (nSPS) is 12.3. The summed E-state index contributed by atoms with van der Waals surface area (Å²) in [6.07, 6.45) is 2.52. The molecule has 0 spiro atoms. The number of anilines is 1. The first-order valence-corrected chi connectivity index (χ1v) is 10.4. The van der Waals surface area contributed by atoms with Crippen LogP contribution in [-0.4, -0.2) is 43.4 Å². The van der Waals surface area contributed by atoms with E-state index in [4.69, 9.17) is 27.9 Å². The summed E-state index contributed by atoms with van der Waals surface area (Å²) in [7, 11) is 3.09. The second-order valence-corrected chi connectivity index (χ2v) is 8.58. The Morgan fingerprint density at radius 2 is 1.97 bits per heavy atom. The summed E-state index contributed by atoms with van der Waals surface area (Å²) in [5, 5.41) is 6.23. The number of hydrogen-bond donors (Lipinski definition) is 2. The predicted octanol–water partition coefficient (Wildman–Crippen LogP) is 3.97. The van der Waals surface area contributed by atoms with Crippen molar-refractivity contribution in [3.63, 3.8) is 0 Å². The number of amides is 4. The minimum atomic E-state index is -0.528. The van der Waals surface area contributed by atoms with Gasteiger partial charge >= 0.3 is 6.03 Å². The number of benzene rings is 1. The average molecular weight is 456 g/mol. The lowest BCUT2D eigenvalue weighted by Gasteiger charge is -2.13. The third-order valence-corrected chi connectivity index (χ3v) is 6.02. The maximum absolute atomic E-state index is 12.7. The summed E-state index contributed by atoms with van der Waals surface area (Å²) >= 11 is 13.2. The Bertz CT molecular complexity index is 975. The molecule has 0 aliphatic heterocycles. The Hall–Kier alpha value is -2.29. The number of hydrogen-bond acceptors (Lipinski definition) is 5. The molecule has 0 fully saturated rings. The number of aryl methyl sites for hydroxylation is 1. The van der Waals surface area contributed by atoms with Crippen molar-refractivity contribution in [3.05, 3.63) is 44.2 Å². The molecule has 4 amide bonds. The van der Waals surface area contributed by atoms with Gasteiger partial charge < -0.3 is 15.0 Å². The van der Waals surface area contributed by atoms with Gasteiger partial charge in [0.25, 0.3) is 11.8 Å². The Morgan fingerprint density at radius 1 is 1.21 bits per heavy atom. The SMILES string of the molecule is CN(C)C(=O)NC(=O)c1c(NC(=O)COc2ccc(Cl)cc2Cl)sc2c1CCC2. The van der Waals surface area contributed by atoms with Gasteiger partial charge in [-0.25, -0.2) is 4.79 Å². The summed E-state index contributed by atoms with van der Waals surface area (Å²) in [5.41, 5.74) is 1.23. The zero-order valence-corrected chi connectivity index (χ0v) is 18.1. The molecule has 0 atom stereocenters. The van der Waals surface area contributed by atoms with E-state index in [0.29, 0.717) is 26.4 Å². The number of ether oxygens (including phenoxy) is 1.